The fourth-order valence-electron chi connectivity index (χ4n) is 7.64. The van der Waals surface area contributed by atoms with Crippen molar-refractivity contribution in [2.24, 2.45) is 47.3 Å². The maximum atomic E-state index is 13.8. The van der Waals surface area contributed by atoms with Crippen LogP contribution in [0.1, 0.15) is 202 Å². The summed E-state index contributed by atoms with van der Waals surface area (Å²) in [6, 6.07) is 10.9. The minimum absolute atomic E-state index is 0.119. The fraction of sp³-hybridized carbons (Fsp3) is 0.727. The van der Waals surface area contributed by atoms with Crippen molar-refractivity contribution in [3.05, 3.63) is 53.6 Å². The lowest BCUT2D eigenvalue weighted by molar-refractivity contribution is 0.104. The molecule has 0 aromatic heterocycles. The van der Waals surface area contributed by atoms with E-state index in [2.05, 4.69) is 83.1 Å². The molecule has 61 heavy (non-hydrogen) atoms. The minimum Gasteiger partial charge on any atom is -0.507 e. The van der Waals surface area contributed by atoms with E-state index >= 15 is 0 Å². The van der Waals surface area contributed by atoms with Gasteiger partial charge in [0.2, 0.25) is 0 Å². The smallest absolute Gasteiger partial charge is 0.189 e. The molecule has 6 nitrogen and oxygen atoms in total. The van der Waals surface area contributed by atoms with Crippen molar-refractivity contribution >= 4 is 11.5 Å². The summed E-state index contributed by atoms with van der Waals surface area (Å²) in [5.41, 5.74) is 0.944. The maximum Gasteiger partial charge on any atom is 0.189 e. The van der Waals surface area contributed by atoms with Crippen LogP contribution in [0.25, 0.3) is 5.76 Å². The van der Waals surface area contributed by atoms with Crippen LogP contribution in [0.15, 0.2) is 42.5 Å². The summed E-state index contributed by atoms with van der Waals surface area (Å²) in [7, 11) is 0. The van der Waals surface area contributed by atoms with Crippen molar-refractivity contribution in [3.63, 3.8) is 0 Å². The average Bonchev–Trinajstić information content (AvgIpc) is 3.18. The van der Waals surface area contributed by atoms with E-state index in [4.69, 9.17) is 18.9 Å². The first-order chi connectivity index (χ1) is 29.0. The van der Waals surface area contributed by atoms with Gasteiger partial charge in [-0.3, -0.25) is 4.79 Å². The zero-order valence-corrected chi connectivity index (χ0v) is 41.3. The van der Waals surface area contributed by atoms with Gasteiger partial charge in [0.25, 0.3) is 0 Å². The summed E-state index contributed by atoms with van der Waals surface area (Å²) in [5, 5.41) is 11.4. The summed E-state index contributed by atoms with van der Waals surface area (Å²) < 4.78 is 25.4. The molecule has 0 fully saturated rings. The first-order valence-corrected chi connectivity index (χ1v) is 24.8. The topological polar surface area (TPSA) is 74.2 Å². The van der Waals surface area contributed by atoms with E-state index in [1.807, 2.05) is 18.2 Å². The second-order valence-corrected chi connectivity index (χ2v) is 20.5. The largest absolute Gasteiger partial charge is 0.507 e. The highest BCUT2D eigenvalue weighted by atomic mass is 16.5. The number of allylic oxidation sites excluding steroid dienone is 1. The van der Waals surface area contributed by atoms with Crippen LogP contribution < -0.4 is 18.9 Å². The third kappa shape index (κ3) is 24.9. The summed E-state index contributed by atoms with van der Waals surface area (Å²) in [6.45, 7) is 29.7. The Bertz CT molecular complexity index is 1490. The molecule has 0 radical (unpaired) electrons. The van der Waals surface area contributed by atoms with Gasteiger partial charge in [0.15, 0.2) is 28.8 Å². The Hall–Kier alpha value is -3.15. The molecule has 0 amide bonds. The zero-order valence-electron chi connectivity index (χ0n) is 41.3. The zero-order chi connectivity index (χ0) is 45.2. The maximum absolute atomic E-state index is 13.8. The molecule has 6 heteroatoms. The van der Waals surface area contributed by atoms with Crippen LogP contribution in [-0.2, 0) is 0 Å². The van der Waals surface area contributed by atoms with Gasteiger partial charge in [0.05, 0.1) is 26.4 Å². The number of benzene rings is 2. The number of carbonyl (C=O) groups is 1. The molecule has 0 heterocycles. The van der Waals surface area contributed by atoms with Gasteiger partial charge < -0.3 is 24.1 Å². The Kier molecular flexibility index (Phi) is 27.3. The van der Waals surface area contributed by atoms with Gasteiger partial charge in [-0.2, -0.15) is 0 Å². The standard InChI is InChI=1S/C55H92O6/c1-40(2)17-13-21-44(9)29-33-58-52-27-25-48(37-54(52)60-35-31-46(11)23-15-19-42(5)6)50(56)39-51(57)49-26-28-53(59-34-30-45(10)22-14-18-41(3)4)55(38-49)61-36-32-47(12)24-16-20-43(7)8/h25-28,37-47,56H,13-24,29-36H2,1-12H3/b50-39-/t44-,45-,46-,47-/m1/s1. The molecule has 2 rings (SSSR count). The quantitative estimate of drug-likeness (QED) is 0.0423. The van der Waals surface area contributed by atoms with E-state index in [1.165, 1.54) is 83.1 Å². The van der Waals surface area contributed by atoms with Gasteiger partial charge in [0, 0.05) is 17.2 Å². The Labute approximate surface area is 375 Å². The summed E-state index contributed by atoms with van der Waals surface area (Å²) in [5.74, 6) is 7.21. The highest BCUT2D eigenvalue weighted by molar-refractivity contribution is 6.08. The number of aliphatic hydroxyl groups excluding tert-OH is 1. The van der Waals surface area contributed by atoms with E-state index in [1.54, 1.807) is 18.2 Å². The monoisotopic (exact) mass is 849 g/mol. The first-order valence-electron chi connectivity index (χ1n) is 24.8. The number of hydrogen-bond acceptors (Lipinski definition) is 6. The fourth-order valence-corrected chi connectivity index (χ4v) is 7.64. The SMILES string of the molecule is CC(C)CCC[C@@H](C)CCOc1ccc(C(=O)/C=C(\O)c2ccc(OCC[C@H](C)CCCC(C)C)c(OCC[C@H](C)CCCC(C)C)c2)cc1OCC[C@H](C)CCCC(C)C. The molecule has 4 atom stereocenters. The second-order valence-electron chi connectivity index (χ2n) is 20.5. The number of rotatable bonds is 35. The molecule has 2 aromatic carbocycles. The number of ketones is 1. The second kappa shape index (κ2) is 30.8. The summed E-state index contributed by atoms with van der Waals surface area (Å²) in [4.78, 5) is 13.8. The van der Waals surface area contributed by atoms with E-state index in [9.17, 15) is 9.90 Å². The molecule has 0 aliphatic heterocycles. The van der Waals surface area contributed by atoms with Crippen LogP contribution in [0.3, 0.4) is 0 Å². The Morgan fingerprint density at radius 2 is 0.721 bits per heavy atom. The summed E-state index contributed by atoms with van der Waals surface area (Å²) >= 11 is 0. The normalized spacial score (nSPS) is 14.1. The lowest BCUT2D eigenvalue weighted by Gasteiger charge is -2.18. The molecule has 2 aromatic rings. The van der Waals surface area contributed by atoms with Crippen LogP contribution in [-0.4, -0.2) is 37.3 Å². The van der Waals surface area contributed by atoms with Crippen molar-refractivity contribution in [2.75, 3.05) is 26.4 Å². The molecule has 348 valence electrons. The Morgan fingerprint density at radius 3 is 1.05 bits per heavy atom. The van der Waals surface area contributed by atoms with E-state index < -0.39 is 0 Å². The van der Waals surface area contributed by atoms with Crippen LogP contribution in [0.5, 0.6) is 23.0 Å². The van der Waals surface area contributed by atoms with Crippen molar-refractivity contribution in [1.82, 2.24) is 0 Å². The molecule has 0 saturated heterocycles. The van der Waals surface area contributed by atoms with E-state index in [0.717, 1.165) is 49.4 Å². The van der Waals surface area contributed by atoms with Gasteiger partial charge in [-0.05, 0) is 109 Å². The van der Waals surface area contributed by atoms with Crippen molar-refractivity contribution in [3.8, 4) is 23.0 Å². The van der Waals surface area contributed by atoms with Gasteiger partial charge in [-0.25, -0.2) is 0 Å². The van der Waals surface area contributed by atoms with Crippen LogP contribution in [0.2, 0.25) is 0 Å². The van der Waals surface area contributed by atoms with Crippen LogP contribution >= 0.6 is 0 Å². The molecule has 0 aliphatic carbocycles. The van der Waals surface area contributed by atoms with Crippen molar-refractivity contribution < 1.29 is 28.8 Å². The predicted octanol–water partition coefficient (Wildman–Crippen LogP) is 16.4. The number of ether oxygens (including phenoxy) is 4. The number of hydrogen-bond donors (Lipinski definition) is 1. The molecule has 0 aliphatic rings. The molecular weight excluding hydrogens is 757 g/mol. The lowest BCUT2D eigenvalue weighted by Crippen LogP contribution is -2.09. The highest BCUT2D eigenvalue weighted by Crippen LogP contribution is 2.34. The first kappa shape index (κ1) is 54.0. The van der Waals surface area contributed by atoms with Gasteiger partial charge >= 0.3 is 0 Å². The number of carbonyl (C=O) groups excluding carboxylic acids is 1. The van der Waals surface area contributed by atoms with Crippen molar-refractivity contribution in [2.45, 2.75) is 186 Å². The van der Waals surface area contributed by atoms with Gasteiger partial charge in [0.1, 0.15) is 5.76 Å². The van der Waals surface area contributed by atoms with Crippen LogP contribution in [0, 0.1) is 47.3 Å². The molecule has 1 N–H and O–H groups in total. The Balaban J connectivity index is 2.24. The number of aliphatic hydroxyl groups is 1. The average molecular weight is 849 g/mol. The van der Waals surface area contributed by atoms with Gasteiger partial charge in [-0.15, -0.1) is 0 Å². The Morgan fingerprint density at radius 1 is 0.426 bits per heavy atom. The molecule has 0 bridgehead atoms. The molecular formula is C55H92O6. The molecule has 0 spiro atoms. The summed E-state index contributed by atoms with van der Waals surface area (Å²) in [6.07, 6.45) is 19.8. The third-order valence-electron chi connectivity index (χ3n) is 12.1. The lowest BCUT2D eigenvalue weighted by atomic mass is 9.97. The molecule has 0 unspecified atom stereocenters. The third-order valence-corrected chi connectivity index (χ3v) is 12.1. The van der Waals surface area contributed by atoms with Gasteiger partial charge in [-0.1, -0.05) is 160 Å². The van der Waals surface area contributed by atoms with Crippen LogP contribution in [0.4, 0.5) is 0 Å². The predicted molar refractivity (Wildman–Crippen MR) is 260 cm³/mol. The van der Waals surface area contributed by atoms with E-state index in [-0.39, 0.29) is 11.5 Å². The van der Waals surface area contributed by atoms with Crippen molar-refractivity contribution in [1.29, 1.82) is 0 Å². The highest BCUT2D eigenvalue weighted by Gasteiger charge is 2.17. The molecule has 0 saturated carbocycles. The van der Waals surface area contributed by atoms with E-state index in [0.29, 0.717) is 84.2 Å². The minimum atomic E-state index is -0.306.